The van der Waals surface area contributed by atoms with Crippen LogP contribution in [0, 0.1) is 12.8 Å². The first kappa shape index (κ1) is 14.3. The van der Waals surface area contributed by atoms with Crippen molar-refractivity contribution in [3.8, 4) is 0 Å². The van der Waals surface area contributed by atoms with Gasteiger partial charge in [0, 0.05) is 6.42 Å². The largest absolute Gasteiger partial charge is 0.302 e. The van der Waals surface area contributed by atoms with Crippen LogP contribution >= 0.6 is 27.3 Å². The second-order valence-corrected chi connectivity index (χ2v) is 5.70. The fraction of sp³-hybridized carbons (Fsp3) is 0.545. The van der Waals surface area contributed by atoms with Gasteiger partial charge in [-0.15, -0.1) is 0 Å². The molecule has 1 aromatic heterocycles. The van der Waals surface area contributed by atoms with Crippen molar-refractivity contribution in [2.45, 2.75) is 27.2 Å². The Bertz CT molecular complexity index is 429. The van der Waals surface area contributed by atoms with Gasteiger partial charge in [-0.25, -0.2) is 4.98 Å². The first-order valence-electron chi connectivity index (χ1n) is 5.30. The van der Waals surface area contributed by atoms with Crippen LogP contribution in [0.3, 0.4) is 0 Å². The number of thiazole rings is 1. The number of Topliss-reactive ketones (excluding diaryl/α,β-unsaturated/α-hetero) is 1. The predicted molar refractivity (Wildman–Crippen MR) is 73.1 cm³/mol. The molecule has 4 nitrogen and oxygen atoms in total. The van der Waals surface area contributed by atoms with Crippen LogP contribution in [0.15, 0.2) is 0 Å². The van der Waals surface area contributed by atoms with Gasteiger partial charge in [-0.3, -0.25) is 9.59 Å². The van der Waals surface area contributed by atoms with Crippen molar-refractivity contribution in [1.29, 1.82) is 0 Å². The lowest BCUT2D eigenvalue weighted by atomic mass is 10.1. The van der Waals surface area contributed by atoms with E-state index in [9.17, 15) is 9.59 Å². The van der Waals surface area contributed by atoms with E-state index in [0.717, 1.165) is 0 Å². The van der Waals surface area contributed by atoms with Gasteiger partial charge >= 0.3 is 0 Å². The summed E-state index contributed by atoms with van der Waals surface area (Å²) in [6, 6.07) is 0. The molecule has 0 aliphatic heterocycles. The van der Waals surface area contributed by atoms with E-state index in [0.29, 0.717) is 28.0 Å². The van der Waals surface area contributed by atoms with Crippen LogP contribution in [0.25, 0.3) is 0 Å². The van der Waals surface area contributed by atoms with E-state index in [-0.39, 0.29) is 17.0 Å². The highest BCUT2D eigenvalue weighted by atomic mass is 79.9. The fourth-order valence-electron chi connectivity index (χ4n) is 1.31. The third kappa shape index (κ3) is 4.20. The Kier molecular flexibility index (Phi) is 5.27. The van der Waals surface area contributed by atoms with Crippen molar-refractivity contribution in [3.63, 3.8) is 0 Å². The number of alkyl halides is 1. The van der Waals surface area contributed by atoms with Crippen LogP contribution in [0.1, 0.15) is 35.6 Å². The third-order valence-electron chi connectivity index (χ3n) is 2.01. The molecular formula is C11H15BrN2O2S. The highest BCUT2D eigenvalue weighted by molar-refractivity contribution is 9.09. The maximum atomic E-state index is 11.5. The molecule has 1 rings (SSSR count). The number of ketones is 1. The molecule has 0 radical (unpaired) electrons. The number of nitrogens with one attached hydrogen (secondary N) is 1. The van der Waals surface area contributed by atoms with Gasteiger partial charge in [0.25, 0.3) is 0 Å². The lowest BCUT2D eigenvalue weighted by Crippen LogP contribution is -2.13. The first-order chi connectivity index (χ1) is 7.93. The zero-order valence-electron chi connectivity index (χ0n) is 10.0. The van der Waals surface area contributed by atoms with Gasteiger partial charge in [0.1, 0.15) is 0 Å². The molecule has 0 saturated carbocycles. The molecule has 1 aromatic rings. The van der Waals surface area contributed by atoms with Gasteiger partial charge in [0.15, 0.2) is 10.9 Å². The summed E-state index contributed by atoms with van der Waals surface area (Å²) in [6.45, 7) is 5.73. The number of carbonyl (C=O) groups is 2. The minimum absolute atomic E-state index is 0.00985. The molecule has 1 N–H and O–H groups in total. The summed E-state index contributed by atoms with van der Waals surface area (Å²) < 4.78 is 0. The number of rotatable bonds is 5. The molecule has 1 heterocycles. The van der Waals surface area contributed by atoms with E-state index in [1.165, 1.54) is 11.3 Å². The topological polar surface area (TPSA) is 59.1 Å². The van der Waals surface area contributed by atoms with Gasteiger partial charge in [-0.05, 0) is 12.8 Å². The molecule has 0 saturated heterocycles. The number of aromatic nitrogens is 1. The van der Waals surface area contributed by atoms with Gasteiger partial charge in [-0.1, -0.05) is 41.1 Å². The SMILES string of the molecule is Cc1nc(NC(=O)CC(C)C)sc1C(=O)CBr. The van der Waals surface area contributed by atoms with Gasteiger partial charge < -0.3 is 5.32 Å². The molecule has 0 aromatic carbocycles. The van der Waals surface area contributed by atoms with E-state index in [1.54, 1.807) is 6.92 Å². The molecule has 0 aliphatic rings. The first-order valence-corrected chi connectivity index (χ1v) is 7.24. The highest BCUT2D eigenvalue weighted by Gasteiger charge is 2.15. The quantitative estimate of drug-likeness (QED) is 0.670. The summed E-state index contributed by atoms with van der Waals surface area (Å²) in [5.41, 5.74) is 0.666. The van der Waals surface area contributed by atoms with Crippen molar-refractivity contribution >= 4 is 44.1 Å². The highest BCUT2D eigenvalue weighted by Crippen LogP contribution is 2.23. The number of hydrogen-bond acceptors (Lipinski definition) is 4. The second kappa shape index (κ2) is 6.26. The van der Waals surface area contributed by atoms with E-state index in [4.69, 9.17) is 0 Å². The van der Waals surface area contributed by atoms with Crippen molar-refractivity contribution in [1.82, 2.24) is 4.98 Å². The van der Waals surface area contributed by atoms with Crippen molar-refractivity contribution < 1.29 is 9.59 Å². The molecule has 0 bridgehead atoms. The standard InChI is InChI=1S/C11H15BrN2O2S/c1-6(2)4-9(16)14-11-13-7(3)10(17-11)8(15)5-12/h6H,4-5H2,1-3H3,(H,13,14,16). The lowest BCUT2D eigenvalue weighted by Gasteiger charge is -2.03. The summed E-state index contributed by atoms with van der Waals surface area (Å²) in [4.78, 5) is 27.8. The second-order valence-electron chi connectivity index (χ2n) is 4.14. The lowest BCUT2D eigenvalue weighted by molar-refractivity contribution is -0.116. The Hall–Kier alpha value is -0.750. The molecule has 94 valence electrons. The number of hydrogen-bond donors (Lipinski definition) is 1. The zero-order valence-corrected chi connectivity index (χ0v) is 12.4. The minimum atomic E-state index is -0.0633. The van der Waals surface area contributed by atoms with Crippen molar-refractivity contribution in [3.05, 3.63) is 10.6 Å². The van der Waals surface area contributed by atoms with Gasteiger partial charge in [0.2, 0.25) is 5.91 Å². The van der Waals surface area contributed by atoms with Crippen LogP contribution in [0.2, 0.25) is 0 Å². The van der Waals surface area contributed by atoms with Crippen LogP contribution in [0.5, 0.6) is 0 Å². The normalized spacial score (nSPS) is 10.6. The Morgan fingerprint density at radius 1 is 1.47 bits per heavy atom. The number of amides is 1. The molecule has 17 heavy (non-hydrogen) atoms. The molecule has 0 aliphatic carbocycles. The van der Waals surface area contributed by atoms with Crippen molar-refractivity contribution in [2.24, 2.45) is 5.92 Å². The fourth-order valence-corrected chi connectivity index (χ4v) is 2.70. The molecule has 0 unspecified atom stereocenters. The van der Waals surface area contributed by atoms with Crippen LogP contribution in [-0.2, 0) is 4.79 Å². The monoisotopic (exact) mass is 318 g/mol. The summed E-state index contributed by atoms with van der Waals surface area (Å²) in [5, 5.41) is 3.49. The number of halogens is 1. The third-order valence-corrected chi connectivity index (χ3v) is 3.63. The average Bonchev–Trinajstić information content (AvgIpc) is 2.56. The number of anilines is 1. The Labute approximate surface area is 113 Å². The molecule has 0 atom stereocenters. The minimum Gasteiger partial charge on any atom is -0.302 e. The molecule has 0 spiro atoms. The van der Waals surface area contributed by atoms with E-state index >= 15 is 0 Å². The Morgan fingerprint density at radius 3 is 2.65 bits per heavy atom. The Balaban J connectivity index is 2.74. The van der Waals surface area contributed by atoms with Crippen LogP contribution < -0.4 is 5.32 Å². The zero-order chi connectivity index (χ0) is 13.0. The molecule has 0 fully saturated rings. The number of carbonyl (C=O) groups excluding carboxylic acids is 2. The molecular weight excluding hydrogens is 304 g/mol. The molecule has 6 heteroatoms. The Morgan fingerprint density at radius 2 is 2.12 bits per heavy atom. The van der Waals surface area contributed by atoms with Gasteiger partial charge in [0.05, 0.1) is 15.9 Å². The smallest absolute Gasteiger partial charge is 0.226 e. The molecule has 1 amide bonds. The van der Waals surface area contributed by atoms with E-state index in [2.05, 4.69) is 26.2 Å². The van der Waals surface area contributed by atoms with Crippen LogP contribution in [-0.4, -0.2) is 22.0 Å². The van der Waals surface area contributed by atoms with E-state index in [1.807, 2.05) is 13.8 Å². The van der Waals surface area contributed by atoms with E-state index < -0.39 is 0 Å². The number of aryl methyl sites for hydroxylation is 1. The van der Waals surface area contributed by atoms with Crippen LogP contribution in [0.4, 0.5) is 5.13 Å². The summed E-state index contributed by atoms with van der Waals surface area (Å²) in [5.74, 6) is 0.232. The summed E-state index contributed by atoms with van der Waals surface area (Å²) >= 11 is 4.35. The summed E-state index contributed by atoms with van der Waals surface area (Å²) in [6.07, 6.45) is 0.459. The summed E-state index contributed by atoms with van der Waals surface area (Å²) in [7, 11) is 0. The van der Waals surface area contributed by atoms with Gasteiger partial charge in [-0.2, -0.15) is 0 Å². The van der Waals surface area contributed by atoms with Crippen molar-refractivity contribution in [2.75, 3.05) is 10.6 Å². The number of nitrogens with zero attached hydrogens (tertiary/aromatic N) is 1. The maximum Gasteiger partial charge on any atom is 0.226 e. The average molecular weight is 319 g/mol. The maximum absolute atomic E-state index is 11.5. The predicted octanol–water partition coefficient (Wildman–Crippen LogP) is 3.01.